The third kappa shape index (κ3) is 4.36. The largest absolute Gasteiger partial charge is 1.00 e. The third-order valence-electron chi connectivity index (χ3n) is 4.17. The maximum Gasteiger partial charge on any atom is 1.00 e. The average Bonchev–Trinajstić information content (AvgIpc) is 2.66. The van der Waals surface area contributed by atoms with Crippen LogP contribution in [0.2, 0.25) is 10.0 Å². The van der Waals surface area contributed by atoms with Crippen molar-refractivity contribution in [3.05, 3.63) is 92.9 Å². The van der Waals surface area contributed by atoms with E-state index in [9.17, 15) is 9.18 Å². The minimum atomic E-state index is -0.531. The Morgan fingerprint density at radius 2 is 1.68 bits per heavy atom. The van der Waals surface area contributed by atoms with Gasteiger partial charge in [0.25, 0.3) is 0 Å². The molecule has 0 bridgehead atoms. The summed E-state index contributed by atoms with van der Waals surface area (Å²) in [4.78, 5) is 16.9. The Morgan fingerprint density at radius 1 is 0.929 bits per heavy atom. The number of nitrogens with one attached hydrogen (secondary N) is 1. The van der Waals surface area contributed by atoms with Gasteiger partial charge in [0.1, 0.15) is 11.4 Å². The van der Waals surface area contributed by atoms with E-state index in [2.05, 4.69) is 10.3 Å². The molecule has 28 heavy (non-hydrogen) atoms. The molecule has 3 aromatic carbocycles. The van der Waals surface area contributed by atoms with Crippen molar-refractivity contribution in [2.45, 2.75) is 0 Å². The number of anilines is 2. The Labute approximate surface area is 213 Å². The monoisotopic (exact) mass is 436 g/mol. The first kappa shape index (κ1) is 21.5. The molecule has 0 saturated heterocycles. The molecule has 4 aromatic rings. The van der Waals surface area contributed by atoms with Crippen LogP contribution in [0.1, 0.15) is 0 Å². The van der Waals surface area contributed by atoms with Gasteiger partial charge in [-0.15, -0.1) is 5.52 Å². The summed E-state index contributed by atoms with van der Waals surface area (Å²) >= 11 is 12.0. The Kier molecular flexibility index (Phi) is 6.99. The molecule has 3 nitrogen and oxygen atoms in total. The molecule has 0 unspecified atom stereocenters. The molecule has 0 atom stereocenters. The summed E-state index contributed by atoms with van der Waals surface area (Å²) in [6, 6.07) is 18.8. The minimum Gasteiger partial charge on any atom is -0.621 e. The second-order valence-corrected chi connectivity index (χ2v) is 6.79. The first-order valence-corrected chi connectivity index (χ1v) is 8.86. The Hall–Kier alpha value is -1.18. The number of halogens is 3. The van der Waals surface area contributed by atoms with Gasteiger partial charge in [-0.05, 0) is 41.3 Å². The van der Waals surface area contributed by atoms with Gasteiger partial charge in [-0.3, -0.25) is 0 Å². The van der Waals surface area contributed by atoms with Crippen molar-refractivity contribution in [3.8, 4) is 11.1 Å². The van der Waals surface area contributed by atoms with Crippen LogP contribution in [0.4, 0.5) is 15.8 Å². The molecule has 0 amide bonds. The molecule has 134 valence electrons. The number of fused-ring (bicyclic) bond motifs is 1. The predicted octanol–water partition coefficient (Wildman–Crippen LogP) is 3.02. The maximum atomic E-state index is 13.5. The van der Waals surface area contributed by atoms with E-state index >= 15 is 0 Å². The van der Waals surface area contributed by atoms with Crippen molar-refractivity contribution in [1.29, 1.82) is 0 Å². The number of rotatable bonds is 3. The minimum absolute atomic E-state index is 0. The zero-order valence-electron chi connectivity index (χ0n) is 14.8. The van der Waals surface area contributed by atoms with E-state index in [-0.39, 0.29) is 62.1 Å². The molecular weight excluding hydrogens is 425 g/mol. The van der Waals surface area contributed by atoms with Gasteiger partial charge in [-0.1, -0.05) is 59.6 Å². The summed E-state index contributed by atoms with van der Waals surface area (Å²) in [6.07, 6.45) is 0. The van der Waals surface area contributed by atoms with E-state index in [1.807, 2.05) is 30.3 Å². The summed E-state index contributed by atoms with van der Waals surface area (Å²) in [6.45, 7) is 0. The summed E-state index contributed by atoms with van der Waals surface area (Å²) in [5.41, 5.74) is 2.39. The zero-order valence-corrected chi connectivity index (χ0v) is 19.5. The number of aromatic nitrogens is 1. The van der Waals surface area contributed by atoms with Crippen LogP contribution in [0.5, 0.6) is 0 Å². The van der Waals surface area contributed by atoms with E-state index in [4.69, 9.17) is 23.2 Å². The van der Waals surface area contributed by atoms with Gasteiger partial charge in [0, 0.05) is 16.3 Å². The number of benzene rings is 3. The van der Waals surface area contributed by atoms with Crippen LogP contribution in [-0.2, 0) is 0 Å². The third-order valence-corrected chi connectivity index (χ3v) is 4.69. The van der Waals surface area contributed by atoms with Crippen molar-refractivity contribution < 1.29 is 55.8 Å². The van der Waals surface area contributed by atoms with Gasteiger partial charge < -0.3 is 15.1 Å². The summed E-state index contributed by atoms with van der Waals surface area (Å²) in [5.74, 6) is -0.531. The molecule has 0 aliphatic carbocycles. The van der Waals surface area contributed by atoms with Crippen LogP contribution >= 0.6 is 23.2 Å². The Balaban J connectivity index is 0.00000225. The van der Waals surface area contributed by atoms with Gasteiger partial charge in [0.05, 0.1) is 10.7 Å². The Morgan fingerprint density at radius 3 is 2.39 bits per heavy atom. The standard InChI is InChI=1S/C21H13Cl2FN2O.K/c22-13-6-9-18-15(10-13)19(12-4-2-1-3-5-12)20(21(27)26-18)25-14-7-8-17(24)16(23)11-14;/h1-11,25H,(H,26,27);/q;+1/p-1. The van der Waals surface area contributed by atoms with Gasteiger partial charge in [0.15, 0.2) is 0 Å². The van der Waals surface area contributed by atoms with Gasteiger partial charge in [0.2, 0.25) is 0 Å². The van der Waals surface area contributed by atoms with Crippen LogP contribution < -0.4 is 67.2 Å². The molecule has 0 fully saturated rings. The van der Waals surface area contributed by atoms with Crippen LogP contribution in [-0.4, -0.2) is 0 Å². The summed E-state index contributed by atoms with van der Waals surface area (Å²) in [7, 11) is 0. The first-order valence-electron chi connectivity index (χ1n) is 8.11. The molecule has 0 radical (unpaired) electrons. The van der Waals surface area contributed by atoms with Crippen LogP contribution in [0.3, 0.4) is 0 Å². The summed E-state index contributed by atoms with van der Waals surface area (Å²) < 4.78 is 13.5. The van der Waals surface area contributed by atoms with Gasteiger partial charge in [-0.2, -0.15) is 0 Å². The van der Waals surface area contributed by atoms with E-state index in [1.165, 1.54) is 18.2 Å². The van der Waals surface area contributed by atoms with Crippen molar-refractivity contribution in [1.82, 2.24) is 4.98 Å². The van der Waals surface area contributed by atoms with E-state index < -0.39 is 11.4 Å². The molecule has 4 rings (SSSR count). The van der Waals surface area contributed by atoms with Gasteiger partial charge >= 0.3 is 51.4 Å². The fourth-order valence-electron chi connectivity index (χ4n) is 2.95. The quantitative estimate of drug-likeness (QED) is 0.502. The molecule has 0 aliphatic heterocycles. The van der Waals surface area contributed by atoms with Gasteiger partial charge in [-0.25, -0.2) is 4.39 Å². The molecule has 1 aromatic heterocycles. The van der Waals surface area contributed by atoms with Crippen LogP contribution in [0.15, 0.2) is 71.5 Å². The molecule has 0 spiro atoms. The topological polar surface area (TPSA) is 43.2 Å². The Bertz CT molecular complexity index is 1210. The summed E-state index contributed by atoms with van der Waals surface area (Å²) in [5, 5.41) is 4.29. The number of hydrogen-bond donors (Lipinski definition) is 1. The molecular formula is C21H12Cl2FKN2O. The van der Waals surface area contributed by atoms with E-state index in [0.29, 0.717) is 21.8 Å². The molecule has 0 saturated carbocycles. The van der Waals surface area contributed by atoms with Crippen molar-refractivity contribution >= 4 is 45.5 Å². The van der Waals surface area contributed by atoms with E-state index in [1.54, 1.807) is 18.2 Å². The fraction of sp³-hybridized carbons (Fsp3) is 0. The number of pyridine rings is 1. The van der Waals surface area contributed by atoms with Crippen LogP contribution in [0.25, 0.3) is 22.0 Å². The van der Waals surface area contributed by atoms with Crippen molar-refractivity contribution in [2.75, 3.05) is 5.32 Å². The number of hydrogen-bond acceptors (Lipinski definition) is 2. The normalized spacial score (nSPS) is 10.5. The maximum absolute atomic E-state index is 13.5. The smallest absolute Gasteiger partial charge is 0.621 e. The second-order valence-electron chi connectivity index (χ2n) is 5.95. The molecule has 1 heterocycles. The molecule has 7 heteroatoms. The SMILES string of the molecule is O=c1[n-]c2ccc(Cl)cc2c(-c2ccccc2)c1Nc1ccc(F)c(Cl)c1.[K+]. The van der Waals surface area contributed by atoms with Crippen LogP contribution in [0, 0.1) is 5.82 Å². The average molecular weight is 437 g/mol. The number of nitrogens with zero attached hydrogens (tertiary/aromatic N) is 1. The fourth-order valence-corrected chi connectivity index (χ4v) is 3.30. The second kappa shape index (κ2) is 9.09. The first-order chi connectivity index (χ1) is 13.0. The van der Waals surface area contributed by atoms with Crippen molar-refractivity contribution in [3.63, 3.8) is 0 Å². The molecule has 1 N–H and O–H groups in total. The molecule has 0 aliphatic rings. The zero-order chi connectivity index (χ0) is 19.0. The predicted molar refractivity (Wildman–Crippen MR) is 109 cm³/mol. The van der Waals surface area contributed by atoms with E-state index in [0.717, 1.165) is 10.9 Å². The van der Waals surface area contributed by atoms with Crippen molar-refractivity contribution in [2.24, 2.45) is 0 Å².